The molecule has 2 heteroatoms. The van der Waals surface area contributed by atoms with Crippen molar-refractivity contribution in [1.29, 1.82) is 0 Å². The van der Waals surface area contributed by atoms with E-state index in [0.29, 0.717) is 3.92 Å². The van der Waals surface area contributed by atoms with Crippen LogP contribution in [0.3, 0.4) is 0 Å². The van der Waals surface area contributed by atoms with Gasteiger partial charge in [0.05, 0.1) is 3.92 Å². The molecule has 0 radical (unpaired) electrons. The Morgan fingerprint density at radius 2 is 2.00 bits per heavy atom. The molecule has 72 valence electrons. The summed E-state index contributed by atoms with van der Waals surface area (Å²) >= 11 is 2.41. The van der Waals surface area contributed by atoms with Gasteiger partial charge in [-0.3, -0.25) is 0 Å². The van der Waals surface area contributed by atoms with Gasteiger partial charge in [-0.2, -0.15) is 0 Å². The van der Waals surface area contributed by atoms with Gasteiger partial charge in [0.25, 0.3) is 0 Å². The molecule has 1 nitrogen and oxygen atoms in total. The quantitative estimate of drug-likeness (QED) is 0.619. The summed E-state index contributed by atoms with van der Waals surface area (Å²) in [6, 6.07) is 10.4. The van der Waals surface area contributed by atoms with E-state index in [9.17, 15) is 0 Å². The van der Waals surface area contributed by atoms with E-state index in [-0.39, 0.29) is 0 Å². The molecular formula is C12H12IN. The van der Waals surface area contributed by atoms with Crippen LogP contribution in [0.15, 0.2) is 48.7 Å². The second kappa shape index (κ2) is 4.17. The normalized spacial score (nSPS) is 21.4. The second-order valence-electron chi connectivity index (χ2n) is 3.34. The van der Waals surface area contributed by atoms with Crippen molar-refractivity contribution >= 4 is 28.3 Å². The van der Waals surface area contributed by atoms with Gasteiger partial charge in [0.2, 0.25) is 0 Å². The lowest BCUT2D eigenvalue weighted by Gasteiger charge is -2.22. The van der Waals surface area contributed by atoms with Crippen LogP contribution in [-0.4, -0.2) is 3.92 Å². The van der Waals surface area contributed by atoms with Gasteiger partial charge in [0.15, 0.2) is 0 Å². The highest BCUT2D eigenvalue weighted by atomic mass is 127. The third-order valence-electron chi connectivity index (χ3n) is 2.29. The van der Waals surface area contributed by atoms with Gasteiger partial charge in [0.1, 0.15) is 0 Å². The lowest BCUT2D eigenvalue weighted by atomic mass is 10.1. The van der Waals surface area contributed by atoms with Crippen LogP contribution in [0.4, 0.5) is 0 Å². The van der Waals surface area contributed by atoms with Crippen molar-refractivity contribution < 1.29 is 0 Å². The molecule has 1 N–H and O–H groups in total. The van der Waals surface area contributed by atoms with Crippen molar-refractivity contribution in [3.8, 4) is 0 Å². The fourth-order valence-corrected chi connectivity index (χ4v) is 1.88. The van der Waals surface area contributed by atoms with Crippen molar-refractivity contribution in [3.05, 3.63) is 54.2 Å². The van der Waals surface area contributed by atoms with E-state index in [1.807, 2.05) is 6.07 Å². The molecule has 14 heavy (non-hydrogen) atoms. The number of nitrogens with one attached hydrogen (secondary N) is 1. The largest absolute Gasteiger partial charge is 0.358 e. The molecule has 0 fully saturated rings. The van der Waals surface area contributed by atoms with Gasteiger partial charge in [-0.25, -0.2) is 0 Å². The third-order valence-corrected chi connectivity index (χ3v) is 3.55. The van der Waals surface area contributed by atoms with Gasteiger partial charge in [0, 0.05) is 11.4 Å². The van der Waals surface area contributed by atoms with Gasteiger partial charge < -0.3 is 5.32 Å². The van der Waals surface area contributed by atoms with E-state index in [4.69, 9.17) is 0 Å². The molecule has 1 aliphatic rings. The monoisotopic (exact) mass is 297 g/mol. The number of benzene rings is 1. The van der Waals surface area contributed by atoms with E-state index in [1.54, 1.807) is 0 Å². The summed E-state index contributed by atoms with van der Waals surface area (Å²) in [5.41, 5.74) is 3.52. The SMILES string of the molecule is C=C1NC(c2ccccc2)=CCC1I. The van der Waals surface area contributed by atoms with Crippen molar-refractivity contribution in [2.75, 3.05) is 0 Å². The van der Waals surface area contributed by atoms with Crippen molar-refractivity contribution in [1.82, 2.24) is 5.32 Å². The van der Waals surface area contributed by atoms with Gasteiger partial charge in [-0.1, -0.05) is 65.6 Å². The maximum Gasteiger partial charge on any atom is 0.0539 e. The molecule has 0 saturated heterocycles. The molecule has 1 aromatic carbocycles. The smallest absolute Gasteiger partial charge is 0.0539 e. The van der Waals surface area contributed by atoms with Crippen molar-refractivity contribution in [2.24, 2.45) is 0 Å². The summed E-state index contributed by atoms with van der Waals surface area (Å²) in [6.45, 7) is 4.01. The highest BCUT2D eigenvalue weighted by molar-refractivity contribution is 14.1. The summed E-state index contributed by atoms with van der Waals surface area (Å²) in [6.07, 6.45) is 3.30. The summed E-state index contributed by atoms with van der Waals surface area (Å²) in [5, 5.41) is 3.34. The molecule has 0 aliphatic carbocycles. The Morgan fingerprint density at radius 3 is 2.64 bits per heavy atom. The number of allylic oxidation sites excluding steroid dienone is 2. The fraction of sp³-hybridized carbons (Fsp3) is 0.167. The number of halogens is 1. The second-order valence-corrected chi connectivity index (χ2v) is 4.84. The predicted octanol–water partition coefficient (Wildman–Crippen LogP) is 3.34. The van der Waals surface area contributed by atoms with E-state index >= 15 is 0 Å². The molecule has 1 aliphatic heterocycles. The first-order valence-corrected chi connectivity index (χ1v) is 5.87. The first-order valence-electron chi connectivity index (χ1n) is 4.63. The van der Waals surface area contributed by atoms with Crippen LogP contribution in [-0.2, 0) is 0 Å². The van der Waals surface area contributed by atoms with Gasteiger partial charge in [-0.05, 0) is 12.0 Å². The van der Waals surface area contributed by atoms with Crippen LogP contribution >= 0.6 is 22.6 Å². The summed E-state index contributed by atoms with van der Waals surface area (Å²) in [4.78, 5) is 0. The topological polar surface area (TPSA) is 12.0 Å². The highest BCUT2D eigenvalue weighted by Crippen LogP contribution is 2.24. The van der Waals surface area contributed by atoms with Crippen LogP contribution in [0.5, 0.6) is 0 Å². The summed E-state index contributed by atoms with van der Waals surface area (Å²) < 4.78 is 0.514. The molecule has 1 heterocycles. The predicted molar refractivity (Wildman–Crippen MR) is 69.1 cm³/mol. The number of hydrogen-bond donors (Lipinski definition) is 1. The van der Waals surface area contributed by atoms with Gasteiger partial charge in [-0.15, -0.1) is 0 Å². The van der Waals surface area contributed by atoms with Gasteiger partial charge >= 0.3 is 0 Å². The Bertz CT molecular complexity index is 367. The molecule has 0 saturated carbocycles. The Balaban J connectivity index is 2.25. The lowest BCUT2D eigenvalue weighted by molar-refractivity contribution is 0.899. The molecule has 0 aromatic heterocycles. The van der Waals surface area contributed by atoms with E-state index in [2.05, 4.69) is 64.8 Å². The Hall–Kier alpha value is -0.770. The molecule has 0 spiro atoms. The van der Waals surface area contributed by atoms with Crippen molar-refractivity contribution in [3.63, 3.8) is 0 Å². The molecule has 0 bridgehead atoms. The zero-order valence-electron chi connectivity index (χ0n) is 7.83. The zero-order chi connectivity index (χ0) is 9.97. The molecule has 0 amide bonds. The van der Waals surface area contributed by atoms with E-state index < -0.39 is 0 Å². The molecular weight excluding hydrogens is 285 g/mol. The maximum atomic E-state index is 4.01. The summed E-state index contributed by atoms with van der Waals surface area (Å²) in [7, 11) is 0. The van der Waals surface area contributed by atoms with Crippen LogP contribution in [0.1, 0.15) is 12.0 Å². The number of rotatable bonds is 1. The lowest BCUT2D eigenvalue weighted by Crippen LogP contribution is -2.22. The standard InChI is InChI=1S/C12H12IN/c1-9-11(13)7-8-12(14-9)10-5-3-2-4-6-10/h2-6,8,11,14H,1,7H2. The fourth-order valence-electron chi connectivity index (χ4n) is 1.47. The molecule has 1 aromatic rings. The Kier molecular flexibility index (Phi) is 2.91. The zero-order valence-corrected chi connectivity index (χ0v) is 9.99. The van der Waals surface area contributed by atoms with Crippen LogP contribution in [0.25, 0.3) is 5.70 Å². The Labute approximate surface area is 98.0 Å². The third kappa shape index (κ3) is 2.00. The van der Waals surface area contributed by atoms with Crippen LogP contribution in [0.2, 0.25) is 0 Å². The summed E-state index contributed by atoms with van der Waals surface area (Å²) in [5.74, 6) is 0. The number of alkyl halides is 1. The van der Waals surface area contributed by atoms with Crippen molar-refractivity contribution in [2.45, 2.75) is 10.3 Å². The first kappa shape index (κ1) is 9.77. The molecule has 1 unspecified atom stereocenters. The van der Waals surface area contributed by atoms with Crippen LogP contribution < -0.4 is 5.32 Å². The minimum Gasteiger partial charge on any atom is -0.358 e. The highest BCUT2D eigenvalue weighted by Gasteiger charge is 2.14. The average Bonchev–Trinajstić information content (AvgIpc) is 2.23. The van der Waals surface area contributed by atoms with Crippen LogP contribution in [0, 0.1) is 0 Å². The Morgan fingerprint density at radius 1 is 1.29 bits per heavy atom. The first-order chi connectivity index (χ1) is 6.77. The minimum absolute atomic E-state index is 0.514. The van der Waals surface area contributed by atoms with E-state index in [0.717, 1.165) is 12.1 Å². The molecule has 1 atom stereocenters. The maximum absolute atomic E-state index is 4.01. The number of hydrogen-bond acceptors (Lipinski definition) is 1. The minimum atomic E-state index is 0.514. The van der Waals surface area contributed by atoms with E-state index in [1.165, 1.54) is 11.3 Å². The average molecular weight is 297 g/mol. The molecule has 2 rings (SSSR count).